The molecule has 1 aromatic heterocycles. The van der Waals surface area contributed by atoms with Crippen molar-refractivity contribution in [3.05, 3.63) is 53.9 Å². The maximum Gasteiger partial charge on any atom is 0.253 e. The minimum Gasteiger partial charge on any atom is -0.506 e. The van der Waals surface area contributed by atoms with E-state index in [-0.39, 0.29) is 17.7 Å². The summed E-state index contributed by atoms with van der Waals surface area (Å²) in [5, 5.41) is 12.2. The molecule has 0 saturated heterocycles. The van der Waals surface area contributed by atoms with Crippen molar-refractivity contribution in [2.24, 2.45) is 0 Å². The van der Waals surface area contributed by atoms with Crippen LogP contribution in [0, 0.1) is 0 Å². The van der Waals surface area contributed by atoms with Crippen LogP contribution in [0.15, 0.2) is 42.7 Å². The Balaban J connectivity index is 2.03. The van der Waals surface area contributed by atoms with Gasteiger partial charge in [-0.15, -0.1) is 0 Å². The summed E-state index contributed by atoms with van der Waals surface area (Å²) in [5.74, 6) is 0.494. The third-order valence-corrected chi connectivity index (χ3v) is 3.02. The smallest absolute Gasteiger partial charge is 0.253 e. The molecular formula is C16H18N2O3. The van der Waals surface area contributed by atoms with Gasteiger partial charge in [0.1, 0.15) is 11.5 Å². The summed E-state index contributed by atoms with van der Waals surface area (Å²) in [6.45, 7) is 4.44. The van der Waals surface area contributed by atoms with Gasteiger partial charge in [0.2, 0.25) is 0 Å². The van der Waals surface area contributed by atoms with Gasteiger partial charge in [-0.1, -0.05) is 12.1 Å². The number of carbonyl (C=O) groups is 1. The highest BCUT2D eigenvalue weighted by Crippen LogP contribution is 2.18. The number of hydrogen-bond donors (Lipinski definition) is 2. The quantitative estimate of drug-likeness (QED) is 0.886. The van der Waals surface area contributed by atoms with Gasteiger partial charge in [-0.05, 0) is 37.6 Å². The van der Waals surface area contributed by atoms with Crippen molar-refractivity contribution in [3.63, 3.8) is 0 Å². The fourth-order valence-corrected chi connectivity index (χ4v) is 1.93. The van der Waals surface area contributed by atoms with Crippen LogP contribution in [0.4, 0.5) is 0 Å². The van der Waals surface area contributed by atoms with Gasteiger partial charge in [-0.25, -0.2) is 0 Å². The van der Waals surface area contributed by atoms with Gasteiger partial charge in [0.25, 0.3) is 5.91 Å². The predicted octanol–water partition coefficient (Wildman–Crippen LogP) is 2.68. The Morgan fingerprint density at radius 1 is 1.33 bits per heavy atom. The number of rotatable bonds is 5. The molecule has 5 heteroatoms. The number of carbonyl (C=O) groups excluding carboxylic acids is 1. The molecule has 2 rings (SSSR count). The summed E-state index contributed by atoms with van der Waals surface area (Å²) in [5.41, 5.74) is 1.30. The second kappa shape index (κ2) is 6.74. The summed E-state index contributed by atoms with van der Waals surface area (Å²) in [7, 11) is 0. The second-order valence-corrected chi connectivity index (χ2v) is 4.63. The molecule has 0 aliphatic heterocycles. The number of benzene rings is 1. The van der Waals surface area contributed by atoms with Crippen molar-refractivity contribution >= 4 is 5.91 Å². The Morgan fingerprint density at radius 2 is 2.05 bits per heavy atom. The van der Waals surface area contributed by atoms with E-state index in [1.807, 2.05) is 38.1 Å². The molecule has 5 nitrogen and oxygen atoms in total. The van der Waals surface area contributed by atoms with Crippen LogP contribution in [-0.2, 0) is 0 Å². The summed E-state index contributed by atoms with van der Waals surface area (Å²) >= 11 is 0. The van der Waals surface area contributed by atoms with Crippen LogP contribution in [-0.4, -0.2) is 22.6 Å². The summed E-state index contributed by atoms with van der Waals surface area (Å²) < 4.78 is 5.38. The van der Waals surface area contributed by atoms with Crippen molar-refractivity contribution in [2.75, 3.05) is 6.61 Å². The molecule has 0 aliphatic rings. The molecule has 0 aliphatic carbocycles. The molecule has 1 aromatic carbocycles. The SMILES string of the molecule is CCOc1ccc(C(C)NC(=O)c2cncc(O)c2)cc1. The second-order valence-electron chi connectivity index (χ2n) is 4.63. The lowest BCUT2D eigenvalue weighted by Gasteiger charge is -2.15. The van der Waals surface area contributed by atoms with E-state index in [0.717, 1.165) is 11.3 Å². The van der Waals surface area contributed by atoms with Crippen molar-refractivity contribution in [2.45, 2.75) is 19.9 Å². The van der Waals surface area contributed by atoms with E-state index in [1.54, 1.807) is 0 Å². The Kier molecular flexibility index (Phi) is 4.77. The minimum absolute atomic E-state index is 0.0311. The van der Waals surface area contributed by atoms with Crippen LogP contribution in [0.1, 0.15) is 35.8 Å². The summed E-state index contributed by atoms with van der Waals surface area (Å²) in [4.78, 5) is 15.9. The maximum atomic E-state index is 12.1. The van der Waals surface area contributed by atoms with E-state index in [4.69, 9.17) is 4.74 Å². The number of nitrogens with zero attached hydrogens (tertiary/aromatic N) is 1. The van der Waals surface area contributed by atoms with Crippen LogP contribution in [0.5, 0.6) is 11.5 Å². The lowest BCUT2D eigenvalue weighted by atomic mass is 10.1. The number of aromatic nitrogens is 1. The lowest BCUT2D eigenvalue weighted by molar-refractivity contribution is 0.0939. The summed E-state index contributed by atoms with van der Waals surface area (Å²) in [6.07, 6.45) is 2.70. The zero-order valence-corrected chi connectivity index (χ0v) is 12.0. The van der Waals surface area contributed by atoms with E-state index in [0.29, 0.717) is 12.2 Å². The van der Waals surface area contributed by atoms with Gasteiger partial charge in [0.15, 0.2) is 0 Å². The van der Waals surface area contributed by atoms with Gasteiger partial charge < -0.3 is 15.2 Å². The van der Waals surface area contributed by atoms with Gasteiger partial charge >= 0.3 is 0 Å². The molecule has 2 aromatic rings. The Hall–Kier alpha value is -2.56. The highest BCUT2D eigenvalue weighted by molar-refractivity contribution is 5.94. The van der Waals surface area contributed by atoms with E-state index < -0.39 is 0 Å². The average molecular weight is 286 g/mol. The first-order chi connectivity index (χ1) is 10.1. The molecule has 1 unspecified atom stereocenters. The number of ether oxygens (including phenoxy) is 1. The molecule has 1 amide bonds. The summed E-state index contributed by atoms with van der Waals surface area (Å²) in [6, 6.07) is 8.80. The van der Waals surface area contributed by atoms with Gasteiger partial charge in [-0.3, -0.25) is 9.78 Å². The topological polar surface area (TPSA) is 71.5 Å². The standard InChI is InChI=1S/C16H18N2O3/c1-3-21-15-6-4-12(5-7-15)11(2)18-16(20)13-8-14(19)10-17-9-13/h4-11,19H,3H2,1-2H3,(H,18,20). The van der Waals surface area contributed by atoms with Crippen LogP contribution in [0.2, 0.25) is 0 Å². The Bertz CT molecular complexity index is 611. The molecule has 0 spiro atoms. The third-order valence-electron chi connectivity index (χ3n) is 3.02. The van der Waals surface area contributed by atoms with Crippen molar-refractivity contribution in [1.29, 1.82) is 0 Å². The van der Waals surface area contributed by atoms with Crippen molar-refractivity contribution < 1.29 is 14.6 Å². The number of amides is 1. The number of pyridine rings is 1. The fraction of sp³-hybridized carbons (Fsp3) is 0.250. The van der Waals surface area contributed by atoms with E-state index in [1.165, 1.54) is 18.5 Å². The highest BCUT2D eigenvalue weighted by atomic mass is 16.5. The largest absolute Gasteiger partial charge is 0.506 e. The van der Waals surface area contributed by atoms with E-state index >= 15 is 0 Å². The average Bonchev–Trinajstić information content (AvgIpc) is 2.48. The minimum atomic E-state index is -0.278. The molecule has 1 heterocycles. The Morgan fingerprint density at radius 3 is 2.67 bits per heavy atom. The lowest BCUT2D eigenvalue weighted by Crippen LogP contribution is -2.26. The molecule has 110 valence electrons. The van der Waals surface area contributed by atoms with Crippen molar-refractivity contribution in [3.8, 4) is 11.5 Å². The van der Waals surface area contributed by atoms with E-state index in [9.17, 15) is 9.90 Å². The van der Waals surface area contributed by atoms with Crippen LogP contribution < -0.4 is 10.1 Å². The van der Waals surface area contributed by atoms with Crippen LogP contribution in [0.25, 0.3) is 0 Å². The van der Waals surface area contributed by atoms with Gasteiger partial charge in [0.05, 0.1) is 24.4 Å². The van der Waals surface area contributed by atoms with Gasteiger partial charge in [0, 0.05) is 6.20 Å². The van der Waals surface area contributed by atoms with Crippen LogP contribution >= 0.6 is 0 Å². The maximum absolute atomic E-state index is 12.1. The zero-order valence-electron chi connectivity index (χ0n) is 12.0. The number of hydrogen-bond acceptors (Lipinski definition) is 4. The normalized spacial score (nSPS) is 11.7. The molecule has 2 N–H and O–H groups in total. The fourth-order valence-electron chi connectivity index (χ4n) is 1.93. The first kappa shape index (κ1) is 14.8. The zero-order chi connectivity index (χ0) is 15.2. The third kappa shape index (κ3) is 3.95. The Labute approximate surface area is 123 Å². The first-order valence-electron chi connectivity index (χ1n) is 6.77. The molecule has 21 heavy (non-hydrogen) atoms. The molecule has 0 fully saturated rings. The predicted molar refractivity (Wildman–Crippen MR) is 79.4 cm³/mol. The highest BCUT2D eigenvalue weighted by Gasteiger charge is 2.12. The monoisotopic (exact) mass is 286 g/mol. The molecule has 1 atom stereocenters. The molecular weight excluding hydrogens is 268 g/mol. The number of aromatic hydroxyl groups is 1. The van der Waals surface area contributed by atoms with Crippen molar-refractivity contribution in [1.82, 2.24) is 10.3 Å². The first-order valence-corrected chi connectivity index (χ1v) is 6.77. The van der Waals surface area contributed by atoms with E-state index in [2.05, 4.69) is 10.3 Å². The molecule has 0 radical (unpaired) electrons. The molecule has 0 bridgehead atoms. The van der Waals surface area contributed by atoms with Gasteiger partial charge in [-0.2, -0.15) is 0 Å². The number of nitrogens with one attached hydrogen (secondary N) is 1. The molecule has 0 saturated carbocycles. The van der Waals surface area contributed by atoms with Crippen LogP contribution in [0.3, 0.4) is 0 Å².